The van der Waals surface area contributed by atoms with Crippen molar-refractivity contribution in [1.29, 1.82) is 0 Å². The summed E-state index contributed by atoms with van der Waals surface area (Å²) in [6.45, 7) is 2.28. The molecular formula is C13H34ClN3O5SSi. The van der Waals surface area contributed by atoms with Gasteiger partial charge in [0.05, 0.1) is 27.2 Å². The van der Waals surface area contributed by atoms with E-state index in [4.69, 9.17) is 13.3 Å². The minimum Gasteiger partial charge on any atom is -1.00 e. The first kappa shape index (κ1) is 26.4. The Kier molecular flexibility index (Phi) is 13.0. The second-order valence-corrected chi connectivity index (χ2v) is 11.4. The van der Waals surface area contributed by atoms with E-state index in [-0.39, 0.29) is 12.4 Å². The maximum absolute atomic E-state index is 11.6. The van der Waals surface area contributed by atoms with E-state index in [1.54, 1.807) is 21.3 Å². The van der Waals surface area contributed by atoms with Crippen LogP contribution in [0.1, 0.15) is 12.8 Å². The summed E-state index contributed by atoms with van der Waals surface area (Å²) in [5, 5.41) is 0. The molecule has 24 heavy (non-hydrogen) atoms. The Balaban J connectivity index is 0. The van der Waals surface area contributed by atoms with Gasteiger partial charge < -0.3 is 30.2 Å². The molecule has 0 aliphatic carbocycles. The van der Waals surface area contributed by atoms with Crippen molar-refractivity contribution >= 4 is 19.0 Å². The summed E-state index contributed by atoms with van der Waals surface area (Å²) in [5.74, 6) is 0. The first-order chi connectivity index (χ1) is 10.5. The van der Waals surface area contributed by atoms with Crippen molar-refractivity contribution in [3.63, 3.8) is 0 Å². The van der Waals surface area contributed by atoms with Crippen LogP contribution >= 0.6 is 0 Å². The second kappa shape index (κ2) is 11.8. The maximum Gasteiger partial charge on any atom is 0.500 e. The first-order valence-electron chi connectivity index (χ1n) is 7.69. The molecule has 0 aromatic carbocycles. The topological polar surface area (TPSA) is 77.1 Å². The molecule has 11 heteroatoms. The smallest absolute Gasteiger partial charge is 0.500 e. The molecule has 0 aliphatic rings. The highest BCUT2D eigenvalue weighted by molar-refractivity contribution is 7.87. The van der Waals surface area contributed by atoms with Crippen LogP contribution in [-0.2, 0) is 23.5 Å². The molecule has 0 aromatic rings. The van der Waals surface area contributed by atoms with E-state index in [1.165, 1.54) is 18.4 Å². The summed E-state index contributed by atoms with van der Waals surface area (Å²) in [6.07, 6.45) is 1.71. The Bertz CT molecular complexity index is 425. The van der Waals surface area contributed by atoms with Crippen molar-refractivity contribution in [2.45, 2.75) is 18.9 Å². The SMILES string of the molecule is CO[Si](CCC[N+](C)(C)CCCNS(=O)(=O)N(C)C)(OC)OC.[Cl-]. The van der Waals surface area contributed by atoms with Crippen LogP contribution in [-0.4, -0.2) is 95.2 Å². The average molecular weight is 408 g/mol. The van der Waals surface area contributed by atoms with Gasteiger partial charge in [0.1, 0.15) is 0 Å². The maximum atomic E-state index is 11.6. The summed E-state index contributed by atoms with van der Waals surface area (Å²) < 4.78 is 44.0. The minimum absolute atomic E-state index is 0. The van der Waals surface area contributed by atoms with Gasteiger partial charge >= 0.3 is 8.80 Å². The summed E-state index contributed by atoms with van der Waals surface area (Å²) >= 11 is 0. The molecule has 0 amide bonds. The number of rotatable bonds is 13. The van der Waals surface area contributed by atoms with E-state index in [0.717, 1.165) is 36.5 Å². The van der Waals surface area contributed by atoms with Crippen LogP contribution < -0.4 is 17.1 Å². The third-order valence-corrected chi connectivity index (χ3v) is 8.25. The molecule has 0 fully saturated rings. The number of halogens is 1. The zero-order chi connectivity index (χ0) is 18.1. The Morgan fingerprint density at radius 1 is 1.00 bits per heavy atom. The summed E-state index contributed by atoms with van der Waals surface area (Å²) in [5.41, 5.74) is 0. The molecule has 8 nitrogen and oxygen atoms in total. The fraction of sp³-hybridized carbons (Fsp3) is 1.00. The number of hydrogen-bond donors (Lipinski definition) is 1. The van der Waals surface area contributed by atoms with E-state index in [0.29, 0.717) is 6.54 Å². The van der Waals surface area contributed by atoms with Crippen molar-refractivity contribution in [2.24, 2.45) is 0 Å². The van der Waals surface area contributed by atoms with Gasteiger partial charge in [0.15, 0.2) is 0 Å². The van der Waals surface area contributed by atoms with E-state index in [2.05, 4.69) is 18.8 Å². The van der Waals surface area contributed by atoms with Gasteiger partial charge in [0.25, 0.3) is 10.2 Å². The molecule has 0 aromatic heterocycles. The molecule has 0 unspecified atom stereocenters. The quantitative estimate of drug-likeness (QED) is 0.202. The van der Waals surface area contributed by atoms with Crippen LogP contribution in [0.3, 0.4) is 0 Å². The molecule has 0 saturated carbocycles. The van der Waals surface area contributed by atoms with Crippen molar-refractivity contribution in [1.82, 2.24) is 9.03 Å². The summed E-state index contributed by atoms with van der Waals surface area (Å²) in [7, 11) is 6.33. The number of hydrogen-bond acceptors (Lipinski definition) is 5. The zero-order valence-corrected chi connectivity index (χ0v) is 18.5. The monoisotopic (exact) mass is 407 g/mol. The normalized spacial score (nSPS) is 13.2. The Morgan fingerprint density at radius 3 is 1.88 bits per heavy atom. The average Bonchev–Trinajstić information content (AvgIpc) is 2.48. The number of quaternary nitrogens is 1. The van der Waals surface area contributed by atoms with Crippen LogP contribution in [0.15, 0.2) is 0 Å². The molecule has 0 spiro atoms. The van der Waals surface area contributed by atoms with Crippen molar-refractivity contribution in [3.05, 3.63) is 0 Å². The van der Waals surface area contributed by atoms with Gasteiger partial charge in [0.2, 0.25) is 0 Å². The van der Waals surface area contributed by atoms with Gasteiger partial charge in [0, 0.05) is 60.9 Å². The fourth-order valence-electron chi connectivity index (χ4n) is 2.23. The molecule has 0 atom stereocenters. The van der Waals surface area contributed by atoms with Crippen LogP contribution in [0.2, 0.25) is 6.04 Å². The van der Waals surface area contributed by atoms with Crippen LogP contribution in [0, 0.1) is 0 Å². The van der Waals surface area contributed by atoms with E-state index in [9.17, 15) is 8.42 Å². The van der Waals surface area contributed by atoms with Gasteiger partial charge in [-0.2, -0.15) is 12.7 Å². The van der Waals surface area contributed by atoms with Gasteiger partial charge in [-0.1, -0.05) is 0 Å². The third-order valence-electron chi connectivity index (χ3n) is 3.88. The van der Waals surface area contributed by atoms with Gasteiger partial charge in [-0.3, -0.25) is 0 Å². The van der Waals surface area contributed by atoms with Crippen LogP contribution in [0.4, 0.5) is 0 Å². The fourth-order valence-corrected chi connectivity index (χ4v) is 4.59. The Morgan fingerprint density at radius 2 is 1.46 bits per heavy atom. The lowest BCUT2D eigenvalue weighted by Gasteiger charge is -2.31. The van der Waals surface area contributed by atoms with Gasteiger partial charge in [-0.15, -0.1) is 0 Å². The molecule has 148 valence electrons. The number of nitrogens with one attached hydrogen (secondary N) is 1. The highest BCUT2D eigenvalue weighted by atomic mass is 35.5. The molecule has 0 saturated heterocycles. The highest BCUT2D eigenvalue weighted by Crippen LogP contribution is 2.16. The molecule has 0 radical (unpaired) electrons. The van der Waals surface area contributed by atoms with Crippen molar-refractivity contribution < 1.29 is 38.6 Å². The lowest BCUT2D eigenvalue weighted by Crippen LogP contribution is -3.00. The second-order valence-electron chi connectivity index (χ2n) is 6.32. The number of nitrogens with zero attached hydrogens (tertiary/aromatic N) is 2. The van der Waals surface area contributed by atoms with Gasteiger partial charge in [-0.05, 0) is 0 Å². The van der Waals surface area contributed by atoms with E-state index in [1.807, 2.05) is 0 Å². The molecule has 0 bridgehead atoms. The third kappa shape index (κ3) is 9.64. The Hall–Kier alpha value is 0.217. The van der Waals surface area contributed by atoms with Crippen LogP contribution in [0.5, 0.6) is 0 Å². The first-order valence-corrected chi connectivity index (χ1v) is 11.1. The molecule has 0 heterocycles. The predicted octanol–water partition coefficient (Wildman–Crippen LogP) is -2.88. The van der Waals surface area contributed by atoms with Gasteiger partial charge in [-0.25, -0.2) is 4.72 Å². The largest absolute Gasteiger partial charge is 1.00 e. The minimum atomic E-state index is -3.33. The summed E-state index contributed by atoms with van der Waals surface area (Å²) in [4.78, 5) is 0. The van der Waals surface area contributed by atoms with E-state index < -0.39 is 19.0 Å². The lowest BCUT2D eigenvalue weighted by molar-refractivity contribution is -0.890. The van der Waals surface area contributed by atoms with E-state index >= 15 is 0 Å². The van der Waals surface area contributed by atoms with Crippen LogP contribution in [0.25, 0.3) is 0 Å². The van der Waals surface area contributed by atoms with Crippen molar-refractivity contribution in [2.75, 3.05) is 69.2 Å². The molecule has 0 aliphatic heterocycles. The summed E-state index contributed by atoms with van der Waals surface area (Å²) in [6, 6.07) is 0.769. The molecular weight excluding hydrogens is 374 g/mol. The lowest BCUT2D eigenvalue weighted by atomic mass is 10.3. The standard InChI is InChI=1S/C13H34N3O5SSi.ClH/c1-15(2)22(17,18)14-10-8-11-16(3,4)12-9-13-23(19-5,20-6)21-7;/h14H,8-13H2,1-7H3;1H/q+1;/p-1. The Labute approximate surface area is 155 Å². The highest BCUT2D eigenvalue weighted by Gasteiger charge is 2.37. The predicted molar refractivity (Wildman–Crippen MR) is 93.3 cm³/mol. The zero-order valence-electron chi connectivity index (χ0n) is 16.0. The molecule has 1 N–H and O–H groups in total. The van der Waals surface area contributed by atoms with Crippen molar-refractivity contribution in [3.8, 4) is 0 Å². The molecule has 0 rings (SSSR count).